The Hall–Kier alpha value is -7.56. The van der Waals surface area contributed by atoms with E-state index in [-0.39, 0.29) is 0 Å². The zero-order chi connectivity index (χ0) is 37.0. The Morgan fingerprint density at radius 2 is 0.911 bits per heavy atom. The average Bonchev–Trinajstić information content (AvgIpc) is 3.80. The first-order chi connectivity index (χ1) is 27.8. The molecule has 0 saturated heterocycles. The van der Waals surface area contributed by atoms with Crippen LogP contribution in [0, 0.1) is 0 Å². The number of aromatic nitrogens is 4. The van der Waals surface area contributed by atoms with Gasteiger partial charge in [-0.2, -0.15) is 0 Å². The van der Waals surface area contributed by atoms with Crippen molar-refractivity contribution in [3.05, 3.63) is 206 Å². The number of hydrogen-bond donors (Lipinski definition) is 0. The second-order valence-electron chi connectivity index (χ2n) is 14.2. The Balaban J connectivity index is 1.16. The fourth-order valence-corrected chi connectivity index (χ4v) is 8.42. The Morgan fingerprint density at radius 1 is 0.339 bits per heavy atom. The lowest BCUT2D eigenvalue weighted by molar-refractivity contribution is 1.15. The molecule has 0 radical (unpaired) electrons. The summed E-state index contributed by atoms with van der Waals surface area (Å²) in [5, 5.41) is 3.52. The van der Waals surface area contributed by atoms with Gasteiger partial charge < -0.3 is 9.13 Å². The van der Waals surface area contributed by atoms with Gasteiger partial charge in [0.2, 0.25) is 0 Å². The minimum absolute atomic E-state index is 0.694. The fourth-order valence-electron chi connectivity index (χ4n) is 8.42. The summed E-state index contributed by atoms with van der Waals surface area (Å²) in [6, 6.07) is 73.1. The number of hydrogen-bond acceptors (Lipinski definition) is 2. The van der Waals surface area contributed by atoms with Gasteiger partial charge in [-0.15, -0.1) is 0 Å². The van der Waals surface area contributed by atoms with E-state index in [2.05, 4.69) is 215 Å². The Morgan fingerprint density at radius 3 is 1.66 bits per heavy atom. The highest BCUT2D eigenvalue weighted by atomic mass is 15.0. The molecule has 0 atom stereocenters. The van der Waals surface area contributed by atoms with Crippen LogP contribution in [0.5, 0.6) is 0 Å². The summed E-state index contributed by atoms with van der Waals surface area (Å²) < 4.78 is 4.69. The number of benzene rings is 8. The van der Waals surface area contributed by atoms with Gasteiger partial charge in [0.15, 0.2) is 5.82 Å². The number of rotatable bonds is 6. The zero-order valence-electron chi connectivity index (χ0n) is 30.4. The van der Waals surface area contributed by atoms with Crippen LogP contribution >= 0.6 is 0 Å². The molecule has 262 valence electrons. The van der Waals surface area contributed by atoms with Gasteiger partial charge in [0.25, 0.3) is 0 Å². The van der Waals surface area contributed by atoms with Crippen molar-refractivity contribution in [1.82, 2.24) is 19.1 Å². The van der Waals surface area contributed by atoms with E-state index in [4.69, 9.17) is 9.97 Å². The van der Waals surface area contributed by atoms with E-state index in [1.54, 1.807) is 0 Å². The highest BCUT2D eigenvalue weighted by Gasteiger charge is 2.22. The standard InChI is InChI=1S/C52H34N4/c1-5-17-35(18-6-1)37-31-32-46-44(34-37)48-42(28-16-30-47(48)55(46)40-23-9-3-10-24-40)38-21-15-22-39(33-38)52-53-49(36-19-7-2-8-20-36)51-50(54-52)43-27-13-14-29-45(43)56(51)41-25-11-4-12-26-41/h1-34H. The van der Waals surface area contributed by atoms with Crippen molar-refractivity contribution in [3.63, 3.8) is 0 Å². The molecule has 0 aliphatic rings. The zero-order valence-corrected chi connectivity index (χ0v) is 30.4. The third-order valence-electron chi connectivity index (χ3n) is 10.9. The first kappa shape index (κ1) is 31.9. The first-order valence-electron chi connectivity index (χ1n) is 19.0. The maximum Gasteiger partial charge on any atom is 0.160 e. The lowest BCUT2D eigenvalue weighted by Gasteiger charge is -2.13. The summed E-state index contributed by atoms with van der Waals surface area (Å²) in [5.74, 6) is 0.694. The van der Waals surface area contributed by atoms with Crippen molar-refractivity contribution in [3.8, 4) is 56.3 Å². The highest BCUT2D eigenvalue weighted by Crippen LogP contribution is 2.42. The molecule has 0 unspecified atom stereocenters. The average molecular weight is 715 g/mol. The molecule has 0 fully saturated rings. The molecule has 0 spiro atoms. The topological polar surface area (TPSA) is 35.6 Å². The summed E-state index contributed by atoms with van der Waals surface area (Å²) in [7, 11) is 0. The quantitative estimate of drug-likeness (QED) is 0.172. The minimum Gasteiger partial charge on any atom is -0.309 e. The van der Waals surface area contributed by atoms with Crippen molar-refractivity contribution in [2.75, 3.05) is 0 Å². The van der Waals surface area contributed by atoms with Crippen molar-refractivity contribution >= 4 is 43.7 Å². The molecule has 0 aliphatic heterocycles. The fraction of sp³-hybridized carbons (Fsp3) is 0. The van der Waals surface area contributed by atoms with Gasteiger partial charge in [-0.3, -0.25) is 0 Å². The van der Waals surface area contributed by atoms with Crippen LogP contribution in [0.1, 0.15) is 0 Å². The lowest BCUT2D eigenvalue weighted by Crippen LogP contribution is -1.99. The summed E-state index contributed by atoms with van der Waals surface area (Å²) in [6.07, 6.45) is 0. The van der Waals surface area contributed by atoms with Crippen molar-refractivity contribution in [2.45, 2.75) is 0 Å². The van der Waals surface area contributed by atoms with E-state index in [0.717, 1.165) is 61.2 Å². The van der Waals surface area contributed by atoms with E-state index in [9.17, 15) is 0 Å². The van der Waals surface area contributed by atoms with Crippen LogP contribution in [0.2, 0.25) is 0 Å². The molecule has 3 aromatic heterocycles. The summed E-state index contributed by atoms with van der Waals surface area (Å²) in [6.45, 7) is 0. The third-order valence-corrected chi connectivity index (χ3v) is 10.9. The SMILES string of the molecule is c1ccc(-c2ccc3c(c2)c2c(-c4cccc(-c5nc(-c6ccccc6)c6c(n5)c5ccccc5n6-c5ccccc5)c4)cccc2n3-c2ccccc2)cc1. The monoisotopic (exact) mass is 714 g/mol. The van der Waals surface area contributed by atoms with Crippen molar-refractivity contribution in [1.29, 1.82) is 0 Å². The van der Waals surface area contributed by atoms with Crippen LogP contribution in [0.15, 0.2) is 206 Å². The summed E-state index contributed by atoms with van der Waals surface area (Å²) in [5.41, 5.74) is 15.2. The smallest absolute Gasteiger partial charge is 0.160 e. The minimum atomic E-state index is 0.694. The Labute approximate surface area is 324 Å². The van der Waals surface area contributed by atoms with Crippen LogP contribution in [-0.4, -0.2) is 19.1 Å². The van der Waals surface area contributed by atoms with Crippen LogP contribution in [-0.2, 0) is 0 Å². The lowest BCUT2D eigenvalue weighted by atomic mass is 9.96. The van der Waals surface area contributed by atoms with Gasteiger partial charge in [0, 0.05) is 38.7 Å². The van der Waals surface area contributed by atoms with Gasteiger partial charge in [0.05, 0.1) is 27.8 Å². The normalized spacial score (nSPS) is 11.6. The molecule has 4 nitrogen and oxygen atoms in total. The molecular formula is C52H34N4. The first-order valence-corrected chi connectivity index (χ1v) is 19.0. The molecule has 11 rings (SSSR count). The maximum atomic E-state index is 5.42. The second-order valence-corrected chi connectivity index (χ2v) is 14.2. The predicted molar refractivity (Wildman–Crippen MR) is 232 cm³/mol. The van der Waals surface area contributed by atoms with Crippen LogP contribution in [0.25, 0.3) is 100 Å². The summed E-state index contributed by atoms with van der Waals surface area (Å²) in [4.78, 5) is 10.8. The van der Waals surface area contributed by atoms with E-state index >= 15 is 0 Å². The van der Waals surface area contributed by atoms with Crippen molar-refractivity contribution in [2.24, 2.45) is 0 Å². The number of para-hydroxylation sites is 3. The molecule has 4 heteroatoms. The van der Waals surface area contributed by atoms with E-state index in [1.807, 2.05) is 0 Å². The van der Waals surface area contributed by atoms with Gasteiger partial charge in [0.1, 0.15) is 5.52 Å². The van der Waals surface area contributed by atoms with E-state index < -0.39 is 0 Å². The predicted octanol–water partition coefficient (Wildman–Crippen LogP) is 13.3. The number of nitrogens with zero attached hydrogens (tertiary/aromatic N) is 4. The van der Waals surface area contributed by atoms with E-state index in [1.165, 1.54) is 33.0 Å². The highest BCUT2D eigenvalue weighted by molar-refractivity contribution is 6.17. The maximum absolute atomic E-state index is 5.42. The third kappa shape index (κ3) is 5.15. The van der Waals surface area contributed by atoms with Gasteiger partial charge in [-0.05, 0) is 76.9 Å². The molecule has 0 saturated carbocycles. The molecule has 56 heavy (non-hydrogen) atoms. The van der Waals surface area contributed by atoms with Crippen molar-refractivity contribution < 1.29 is 0 Å². The van der Waals surface area contributed by atoms with Gasteiger partial charge >= 0.3 is 0 Å². The van der Waals surface area contributed by atoms with Crippen LogP contribution in [0.3, 0.4) is 0 Å². The van der Waals surface area contributed by atoms with Gasteiger partial charge in [-0.1, -0.05) is 152 Å². The second kappa shape index (κ2) is 13.1. The van der Waals surface area contributed by atoms with Crippen LogP contribution in [0.4, 0.5) is 0 Å². The number of fused-ring (bicyclic) bond motifs is 6. The largest absolute Gasteiger partial charge is 0.309 e. The molecule has 0 aliphatic carbocycles. The van der Waals surface area contributed by atoms with Crippen LogP contribution < -0.4 is 0 Å². The van der Waals surface area contributed by atoms with E-state index in [0.29, 0.717) is 5.82 Å². The molecule has 0 N–H and O–H groups in total. The Kier molecular flexibility index (Phi) is 7.46. The molecule has 8 aromatic carbocycles. The van der Waals surface area contributed by atoms with Gasteiger partial charge in [-0.25, -0.2) is 9.97 Å². The Bertz CT molecular complexity index is 3220. The molecule has 11 aromatic rings. The summed E-state index contributed by atoms with van der Waals surface area (Å²) >= 11 is 0. The molecular weight excluding hydrogens is 681 g/mol. The molecule has 0 amide bonds. The molecule has 0 bridgehead atoms. The molecule has 3 heterocycles.